The van der Waals surface area contributed by atoms with Crippen LogP contribution >= 0.6 is 15.9 Å². The van der Waals surface area contributed by atoms with E-state index in [9.17, 15) is 4.79 Å². The highest BCUT2D eigenvalue weighted by Gasteiger charge is 2.31. The van der Waals surface area contributed by atoms with Crippen LogP contribution in [0.5, 0.6) is 0 Å². The van der Waals surface area contributed by atoms with Crippen LogP contribution in [0.2, 0.25) is 0 Å². The molecule has 4 heteroatoms. The standard InChI is InChI=1S/C12H13BrN2O/c13-8-4-5-10-11(6-8)15(7-12(16)14-10)9-2-1-3-9/h4-6,9H,1-3,7H2,(H,14,16). The normalized spacial score (nSPS) is 20.1. The van der Waals surface area contributed by atoms with Crippen LogP contribution in [0.3, 0.4) is 0 Å². The first-order chi connectivity index (χ1) is 7.74. The van der Waals surface area contributed by atoms with Gasteiger partial charge in [-0.2, -0.15) is 0 Å². The van der Waals surface area contributed by atoms with Crippen LogP contribution in [0.4, 0.5) is 11.4 Å². The van der Waals surface area contributed by atoms with Crippen molar-refractivity contribution in [3.63, 3.8) is 0 Å². The molecular weight excluding hydrogens is 268 g/mol. The van der Waals surface area contributed by atoms with Crippen molar-refractivity contribution in [2.45, 2.75) is 25.3 Å². The van der Waals surface area contributed by atoms with Crippen LogP contribution in [-0.2, 0) is 4.79 Å². The first-order valence-electron chi connectivity index (χ1n) is 5.60. The van der Waals surface area contributed by atoms with Gasteiger partial charge in [-0.1, -0.05) is 15.9 Å². The van der Waals surface area contributed by atoms with Gasteiger partial charge in [0.15, 0.2) is 0 Å². The van der Waals surface area contributed by atoms with E-state index in [0.29, 0.717) is 12.6 Å². The van der Waals surface area contributed by atoms with Crippen LogP contribution in [0, 0.1) is 0 Å². The van der Waals surface area contributed by atoms with Gasteiger partial charge in [-0.15, -0.1) is 0 Å². The summed E-state index contributed by atoms with van der Waals surface area (Å²) in [5.74, 6) is 0.0988. The van der Waals surface area contributed by atoms with Crippen LogP contribution in [0.15, 0.2) is 22.7 Å². The summed E-state index contributed by atoms with van der Waals surface area (Å²) in [4.78, 5) is 13.8. The van der Waals surface area contributed by atoms with E-state index in [0.717, 1.165) is 15.8 Å². The molecule has 1 aromatic rings. The molecule has 0 bridgehead atoms. The van der Waals surface area contributed by atoms with Crippen LogP contribution < -0.4 is 10.2 Å². The summed E-state index contributed by atoms with van der Waals surface area (Å²) in [6.07, 6.45) is 3.70. The topological polar surface area (TPSA) is 32.3 Å². The van der Waals surface area contributed by atoms with E-state index in [-0.39, 0.29) is 5.91 Å². The molecule has 1 aliphatic heterocycles. The van der Waals surface area contributed by atoms with Crippen molar-refractivity contribution in [1.82, 2.24) is 0 Å². The third-order valence-corrected chi connectivity index (χ3v) is 3.87. The molecule has 16 heavy (non-hydrogen) atoms. The van der Waals surface area contributed by atoms with E-state index >= 15 is 0 Å². The quantitative estimate of drug-likeness (QED) is 0.858. The van der Waals surface area contributed by atoms with Crippen LogP contribution in [0.25, 0.3) is 0 Å². The zero-order valence-corrected chi connectivity index (χ0v) is 10.5. The Morgan fingerprint density at radius 3 is 2.88 bits per heavy atom. The molecule has 1 amide bonds. The molecule has 3 rings (SSSR count). The maximum absolute atomic E-state index is 11.6. The van der Waals surface area contributed by atoms with Crippen molar-refractivity contribution in [2.24, 2.45) is 0 Å². The first-order valence-corrected chi connectivity index (χ1v) is 6.39. The Kier molecular flexibility index (Phi) is 2.39. The summed E-state index contributed by atoms with van der Waals surface area (Å²) in [7, 11) is 0. The van der Waals surface area contributed by atoms with Crippen molar-refractivity contribution in [3.05, 3.63) is 22.7 Å². The minimum Gasteiger partial charge on any atom is -0.358 e. The lowest BCUT2D eigenvalue weighted by molar-refractivity contribution is -0.115. The Hall–Kier alpha value is -1.03. The van der Waals surface area contributed by atoms with Crippen LogP contribution in [-0.4, -0.2) is 18.5 Å². The maximum Gasteiger partial charge on any atom is 0.243 e. The average Bonchev–Trinajstić information content (AvgIpc) is 2.16. The molecule has 0 radical (unpaired) electrons. The van der Waals surface area contributed by atoms with Gasteiger partial charge in [-0.25, -0.2) is 0 Å². The monoisotopic (exact) mass is 280 g/mol. The number of benzene rings is 1. The fraction of sp³-hybridized carbons (Fsp3) is 0.417. The zero-order valence-electron chi connectivity index (χ0n) is 8.87. The molecule has 0 aromatic heterocycles. The molecular formula is C12H13BrN2O. The highest BCUT2D eigenvalue weighted by Crippen LogP contribution is 2.37. The zero-order chi connectivity index (χ0) is 11.1. The lowest BCUT2D eigenvalue weighted by Gasteiger charge is -2.41. The van der Waals surface area contributed by atoms with Crippen molar-refractivity contribution in [3.8, 4) is 0 Å². The number of carbonyl (C=O) groups is 1. The Morgan fingerprint density at radius 1 is 1.38 bits per heavy atom. The summed E-state index contributed by atoms with van der Waals surface area (Å²) in [6.45, 7) is 0.494. The third kappa shape index (κ3) is 1.61. The van der Waals surface area contributed by atoms with Crippen molar-refractivity contribution in [2.75, 3.05) is 16.8 Å². The summed E-state index contributed by atoms with van der Waals surface area (Å²) in [5.41, 5.74) is 2.09. The second kappa shape index (κ2) is 3.77. The van der Waals surface area contributed by atoms with E-state index in [1.165, 1.54) is 19.3 Å². The Morgan fingerprint density at radius 2 is 2.19 bits per heavy atom. The number of hydrogen-bond acceptors (Lipinski definition) is 2. The van der Waals surface area contributed by atoms with Crippen molar-refractivity contribution >= 4 is 33.2 Å². The van der Waals surface area contributed by atoms with Gasteiger partial charge in [-0.3, -0.25) is 4.79 Å². The number of carbonyl (C=O) groups excluding carboxylic acids is 1. The second-order valence-electron chi connectivity index (χ2n) is 4.42. The number of fused-ring (bicyclic) bond motifs is 1. The number of amides is 1. The lowest BCUT2D eigenvalue weighted by atomic mass is 9.90. The number of nitrogens with one attached hydrogen (secondary N) is 1. The van der Waals surface area contributed by atoms with Gasteiger partial charge in [0.25, 0.3) is 0 Å². The number of nitrogens with zero attached hydrogens (tertiary/aromatic N) is 1. The van der Waals surface area contributed by atoms with Gasteiger partial charge in [-0.05, 0) is 37.5 Å². The Bertz CT molecular complexity index is 443. The van der Waals surface area contributed by atoms with E-state index in [1.807, 2.05) is 12.1 Å². The van der Waals surface area contributed by atoms with Gasteiger partial charge in [0.05, 0.1) is 17.9 Å². The second-order valence-corrected chi connectivity index (χ2v) is 5.34. The Labute approximate surface area is 103 Å². The number of rotatable bonds is 1. The molecule has 3 nitrogen and oxygen atoms in total. The molecule has 0 saturated heterocycles. The van der Waals surface area contributed by atoms with Crippen molar-refractivity contribution < 1.29 is 4.79 Å². The van der Waals surface area contributed by atoms with Gasteiger partial charge in [0.2, 0.25) is 5.91 Å². The average molecular weight is 281 g/mol. The van der Waals surface area contributed by atoms with Gasteiger partial charge in [0, 0.05) is 10.5 Å². The fourth-order valence-corrected chi connectivity index (χ4v) is 2.65. The minimum absolute atomic E-state index is 0.0988. The largest absolute Gasteiger partial charge is 0.358 e. The van der Waals surface area contributed by atoms with Gasteiger partial charge >= 0.3 is 0 Å². The molecule has 1 fully saturated rings. The molecule has 1 heterocycles. The first kappa shape index (κ1) is 10.1. The molecule has 0 spiro atoms. The molecule has 0 unspecified atom stereocenters. The highest BCUT2D eigenvalue weighted by molar-refractivity contribution is 9.10. The molecule has 1 N–H and O–H groups in total. The van der Waals surface area contributed by atoms with Crippen molar-refractivity contribution in [1.29, 1.82) is 0 Å². The summed E-state index contributed by atoms with van der Waals surface area (Å²) in [6, 6.07) is 6.57. The maximum atomic E-state index is 11.6. The molecule has 1 aliphatic carbocycles. The summed E-state index contributed by atoms with van der Waals surface area (Å²) < 4.78 is 1.06. The number of halogens is 1. The number of anilines is 2. The molecule has 0 atom stereocenters. The fourth-order valence-electron chi connectivity index (χ4n) is 2.30. The molecule has 1 saturated carbocycles. The van der Waals surface area contributed by atoms with Crippen LogP contribution in [0.1, 0.15) is 19.3 Å². The van der Waals surface area contributed by atoms with E-state index in [4.69, 9.17) is 0 Å². The Balaban J connectivity index is 2.01. The summed E-state index contributed by atoms with van der Waals surface area (Å²) in [5, 5.41) is 2.92. The van der Waals surface area contributed by atoms with E-state index < -0.39 is 0 Å². The summed E-state index contributed by atoms with van der Waals surface area (Å²) >= 11 is 3.48. The predicted molar refractivity (Wildman–Crippen MR) is 67.8 cm³/mol. The van der Waals surface area contributed by atoms with Gasteiger partial charge < -0.3 is 10.2 Å². The van der Waals surface area contributed by atoms with Gasteiger partial charge in [0.1, 0.15) is 0 Å². The van der Waals surface area contributed by atoms with E-state index in [2.05, 4.69) is 32.2 Å². The highest BCUT2D eigenvalue weighted by atomic mass is 79.9. The molecule has 1 aromatic carbocycles. The minimum atomic E-state index is 0.0988. The number of hydrogen-bond donors (Lipinski definition) is 1. The third-order valence-electron chi connectivity index (χ3n) is 3.37. The van der Waals surface area contributed by atoms with E-state index in [1.54, 1.807) is 0 Å². The smallest absolute Gasteiger partial charge is 0.243 e. The lowest BCUT2D eigenvalue weighted by Crippen LogP contribution is -2.47. The molecule has 2 aliphatic rings. The molecule has 84 valence electrons. The SMILES string of the molecule is O=C1CN(C2CCC2)c2cc(Br)ccc2N1. The predicted octanol–water partition coefficient (Wildman–Crippen LogP) is 2.76.